The molecule has 0 saturated heterocycles. The van der Waals surface area contributed by atoms with E-state index in [1.165, 1.54) is 22.3 Å². The van der Waals surface area contributed by atoms with Crippen molar-refractivity contribution in [2.45, 2.75) is 40.0 Å². The van der Waals surface area contributed by atoms with Crippen LogP contribution in [-0.2, 0) is 24.7 Å². The van der Waals surface area contributed by atoms with Gasteiger partial charge in [-0.1, -0.05) is 0 Å². The van der Waals surface area contributed by atoms with Crippen molar-refractivity contribution in [2.75, 3.05) is 6.79 Å². The molecule has 0 fully saturated rings. The Labute approximate surface area is 196 Å². The molecule has 2 aliphatic rings. The summed E-state index contributed by atoms with van der Waals surface area (Å²) in [7, 11) is 14.3. The molecule has 2 aromatic rings. The van der Waals surface area contributed by atoms with Crippen molar-refractivity contribution in [3.8, 4) is 0 Å². The number of halogens is 2. The third kappa shape index (κ3) is 4.15. The van der Waals surface area contributed by atoms with Crippen LogP contribution in [0.5, 0.6) is 0 Å². The van der Waals surface area contributed by atoms with Crippen LogP contribution in [0.25, 0.3) is 12.2 Å². The molecule has 2 nitrogen and oxygen atoms in total. The van der Waals surface area contributed by atoms with Gasteiger partial charge in [0.15, 0.2) is 0 Å². The molecule has 2 unspecified atom stereocenters. The van der Waals surface area contributed by atoms with Gasteiger partial charge in [-0.3, -0.25) is 0 Å². The topological polar surface area (TPSA) is 18.5 Å². The van der Waals surface area contributed by atoms with E-state index >= 15 is 0 Å². The minimum atomic E-state index is -4.55. The second kappa shape index (κ2) is 8.41. The van der Waals surface area contributed by atoms with E-state index in [-0.39, 0.29) is 14.0 Å². The summed E-state index contributed by atoms with van der Waals surface area (Å²) in [5, 5.41) is 0. The summed E-state index contributed by atoms with van der Waals surface area (Å²) in [5.74, 6) is -0.612. The molecule has 165 valence electrons. The number of ether oxygens (including phenoxy) is 1. The molecule has 0 aliphatic heterocycles. The molecule has 0 N–H and O–H groups in total. The van der Waals surface area contributed by atoms with E-state index in [0.717, 1.165) is 5.76 Å². The van der Waals surface area contributed by atoms with Crippen molar-refractivity contribution in [2.24, 2.45) is 0 Å². The molecule has 31 heavy (non-hydrogen) atoms. The Morgan fingerprint density at radius 1 is 0.935 bits per heavy atom. The first-order valence-corrected chi connectivity index (χ1v) is 30.7. The monoisotopic (exact) mass is 567 g/mol. The van der Waals surface area contributed by atoms with E-state index in [0.29, 0.717) is 0 Å². The Kier molecular flexibility index (Phi) is 6.44. The summed E-state index contributed by atoms with van der Waals surface area (Å²) < 4.78 is 12.4. The first-order chi connectivity index (χ1) is 14.5. The Morgan fingerprint density at radius 3 is 2.19 bits per heavy atom. The SMILES string of the molecule is C[SiH](C)[Zr]([Cl])([Cl])([CH]1C=Cc2ccccc21)[CH]1C(OCO[Si](C)(C)C)=Cc2ccccc21. The second-order valence-corrected chi connectivity index (χ2v) is 57.1. The molecule has 0 heterocycles. The molecule has 0 aromatic heterocycles. The van der Waals surface area contributed by atoms with Crippen LogP contribution in [0.4, 0.5) is 0 Å². The van der Waals surface area contributed by atoms with E-state index in [4.69, 9.17) is 26.2 Å². The fourth-order valence-electron chi connectivity index (χ4n) is 4.87. The predicted molar refractivity (Wildman–Crippen MR) is 136 cm³/mol. The molecule has 7 heteroatoms. The Bertz CT molecular complexity index is 1060. The van der Waals surface area contributed by atoms with Crippen molar-refractivity contribution in [3.63, 3.8) is 0 Å². The average molecular weight is 570 g/mol. The third-order valence-electron chi connectivity index (χ3n) is 6.65. The molecule has 0 saturated carbocycles. The summed E-state index contributed by atoms with van der Waals surface area (Å²) >= 11 is -4.55. The summed E-state index contributed by atoms with van der Waals surface area (Å²) in [4.78, 5) is 0. The molecule has 0 bridgehead atoms. The number of fused-ring (bicyclic) bond motifs is 2. The van der Waals surface area contributed by atoms with E-state index in [1.54, 1.807) is 0 Å². The van der Waals surface area contributed by atoms with Crippen molar-refractivity contribution < 1.29 is 24.7 Å². The first-order valence-electron chi connectivity index (χ1n) is 10.9. The van der Waals surface area contributed by atoms with Gasteiger partial charge in [-0.2, -0.15) is 0 Å². The zero-order valence-electron chi connectivity index (χ0n) is 18.9. The molecule has 2 aromatic carbocycles. The number of hydrogen-bond donors (Lipinski definition) is 0. The molecule has 0 spiro atoms. The average Bonchev–Trinajstić information content (AvgIpc) is 3.29. The zero-order chi connectivity index (χ0) is 22.5. The standard InChI is InChI=1S/C13H17O2Si.C9H7.C2H7Si.2ClH.Zr/c1-16(2,3)15-10-14-13-8-11-6-4-5-7-12(11)9-13;1-2-5-9-7-3-6-8(9)4-1;1-3-2;;;/h4-9H,10H2,1-3H3;1-7H;3H,1-2H3;2*1H;/q;;;;;+2/p-2. The predicted octanol–water partition coefficient (Wildman–Crippen LogP) is 7.66. The quantitative estimate of drug-likeness (QED) is 0.252. The van der Waals surface area contributed by atoms with E-state index in [1.807, 2.05) is 0 Å². The van der Waals surface area contributed by atoms with Crippen LogP contribution in [0.1, 0.15) is 29.5 Å². The van der Waals surface area contributed by atoms with Crippen molar-refractivity contribution in [1.82, 2.24) is 0 Å². The molecule has 0 amide bonds. The van der Waals surface area contributed by atoms with Gasteiger partial charge in [0.25, 0.3) is 0 Å². The van der Waals surface area contributed by atoms with Crippen molar-refractivity contribution >= 4 is 43.4 Å². The van der Waals surface area contributed by atoms with Gasteiger partial charge in [0.1, 0.15) is 0 Å². The molecule has 2 aliphatic carbocycles. The van der Waals surface area contributed by atoms with E-state index < -0.39 is 29.8 Å². The van der Waals surface area contributed by atoms with Crippen LogP contribution in [-0.4, -0.2) is 21.0 Å². The van der Waals surface area contributed by atoms with Crippen LogP contribution in [0.15, 0.2) is 60.4 Å². The van der Waals surface area contributed by atoms with Crippen LogP contribution >= 0.6 is 17.0 Å². The first kappa shape index (κ1) is 23.7. The Morgan fingerprint density at radius 2 is 1.55 bits per heavy atom. The van der Waals surface area contributed by atoms with E-state index in [9.17, 15) is 0 Å². The van der Waals surface area contributed by atoms with Gasteiger partial charge < -0.3 is 0 Å². The number of rotatable bonds is 7. The van der Waals surface area contributed by atoms with Gasteiger partial charge in [-0.15, -0.1) is 0 Å². The molecule has 0 radical (unpaired) electrons. The number of hydrogen-bond acceptors (Lipinski definition) is 2. The zero-order valence-corrected chi connectivity index (χ0v) is 25.0. The maximum atomic E-state index is 7.99. The van der Waals surface area contributed by atoms with E-state index in [2.05, 4.69) is 99.5 Å². The molecular weight excluding hydrogens is 539 g/mol. The summed E-state index contributed by atoms with van der Waals surface area (Å²) in [6, 6.07) is 17.0. The van der Waals surface area contributed by atoms with Gasteiger partial charge in [0.2, 0.25) is 0 Å². The van der Waals surface area contributed by atoms with Crippen molar-refractivity contribution in [1.29, 1.82) is 0 Å². The molecule has 4 rings (SSSR count). The summed E-state index contributed by atoms with van der Waals surface area (Å²) in [6.45, 7) is 11.4. The normalized spacial score (nSPS) is 21.4. The Balaban J connectivity index is 1.82. The third-order valence-corrected chi connectivity index (χ3v) is 59.4. The van der Waals surface area contributed by atoms with Gasteiger partial charge in [0, 0.05) is 0 Å². The Hall–Kier alpha value is -0.423. The second-order valence-electron chi connectivity index (χ2n) is 9.97. The van der Waals surface area contributed by atoms with Gasteiger partial charge in [-0.25, -0.2) is 0 Å². The van der Waals surface area contributed by atoms with Crippen LogP contribution in [0.2, 0.25) is 32.7 Å². The fourth-order valence-corrected chi connectivity index (χ4v) is 33.5. The van der Waals surface area contributed by atoms with Gasteiger partial charge in [-0.05, 0) is 0 Å². The summed E-state index contributed by atoms with van der Waals surface area (Å²) in [6.07, 6.45) is 6.63. The van der Waals surface area contributed by atoms with Crippen LogP contribution in [0, 0.1) is 0 Å². The minimum absolute atomic E-state index is 0.0568. The fraction of sp³-hybridized carbons (Fsp3) is 0.333. The van der Waals surface area contributed by atoms with Crippen molar-refractivity contribution in [3.05, 3.63) is 82.6 Å². The van der Waals surface area contributed by atoms with Crippen LogP contribution < -0.4 is 0 Å². The van der Waals surface area contributed by atoms with Gasteiger partial charge in [0.05, 0.1) is 0 Å². The summed E-state index contributed by atoms with van der Waals surface area (Å²) in [5.41, 5.74) is 4.91. The molecular formula is C24H31Cl2O2Si2Zr. The van der Waals surface area contributed by atoms with Gasteiger partial charge >= 0.3 is 198 Å². The molecule has 2 atom stereocenters. The number of allylic oxidation sites excluding steroid dienone is 2. The maximum absolute atomic E-state index is 7.99. The van der Waals surface area contributed by atoms with Crippen LogP contribution in [0.3, 0.4) is 0 Å². The number of benzene rings is 2.